The number of anilines is 1. The standard InChI is InChI=1S/C20H22ClNO/c1-14-6-8-15(9-7-14)20(18-4-2-3-5-19(18)23)22-17-12-10-16(21)11-13-17/h6-13,18,20,22H,2-5H2,1H3. The van der Waals surface area contributed by atoms with Crippen molar-refractivity contribution in [3.05, 3.63) is 64.7 Å². The van der Waals surface area contributed by atoms with Crippen LogP contribution in [0.5, 0.6) is 0 Å². The quantitative estimate of drug-likeness (QED) is 0.796. The summed E-state index contributed by atoms with van der Waals surface area (Å²) in [5.41, 5.74) is 3.40. The summed E-state index contributed by atoms with van der Waals surface area (Å²) in [5.74, 6) is 0.422. The fourth-order valence-corrected chi connectivity index (χ4v) is 3.40. The molecule has 2 unspecified atom stereocenters. The van der Waals surface area contributed by atoms with Gasteiger partial charge < -0.3 is 5.32 Å². The number of ketones is 1. The Labute approximate surface area is 142 Å². The zero-order valence-electron chi connectivity index (χ0n) is 13.4. The van der Waals surface area contributed by atoms with Gasteiger partial charge in [-0.15, -0.1) is 0 Å². The van der Waals surface area contributed by atoms with Crippen LogP contribution in [0.25, 0.3) is 0 Å². The molecule has 1 fully saturated rings. The van der Waals surface area contributed by atoms with Crippen LogP contribution in [0.2, 0.25) is 5.02 Å². The van der Waals surface area contributed by atoms with Crippen molar-refractivity contribution in [2.45, 2.75) is 38.6 Å². The van der Waals surface area contributed by atoms with Gasteiger partial charge in [-0.3, -0.25) is 4.79 Å². The minimum absolute atomic E-state index is 0.0181. The molecule has 1 N–H and O–H groups in total. The molecule has 1 aliphatic carbocycles. The molecule has 1 aliphatic rings. The Bertz CT molecular complexity index is 663. The van der Waals surface area contributed by atoms with Gasteiger partial charge in [0.1, 0.15) is 5.78 Å². The lowest BCUT2D eigenvalue weighted by molar-refractivity contribution is -0.125. The predicted octanol–water partition coefficient (Wildman–Crippen LogP) is 5.56. The number of aryl methyl sites for hydroxylation is 1. The number of carbonyl (C=O) groups is 1. The van der Waals surface area contributed by atoms with Crippen molar-refractivity contribution < 1.29 is 4.79 Å². The van der Waals surface area contributed by atoms with Crippen LogP contribution in [0.3, 0.4) is 0 Å². The molecule has 120 valence electrons. The third-order valence-corrected chi connectivity index (χ3v) is 4.86. The number of rotatable bonds is 4. The highest BCUT2D eigenvalue weighted by Gasteiger charge is 2.31. The Hall–Kier alpha value is -1.80. The molecule has 2 aromatic carbocycles. The normalized spacial score (nSPS) is 19.4. The summed E-state index contributed by atoms with van der Waals surface area (Å²) in [4.78, 5) is 12.5. The number of hydrogen-bond donors (Lipinski definition) is 1. The molecule has 1 saturated carbocycles. The first-order valence-electron chi connectivity index (χ1n) is 8.25. The molecule has 2 aromatic rings. The summed E-state index contributed by atoms with van der Waals surface area (Å²) in [6.45, 7) is 2.08. The highest BCUT2D eigenvalue weighted by molar-refractivity contribution is 6.30. The summed E-state index contributed by atoms with van der Waals surface area (Å²) in [5, 5.41) is 4.28. The molecule has 0 aliphatic heterocycles. The van der Waals surface area contributed by atoms with Crippen molar-refractivity contribution in [3.8, 4) is 0 Å². The molecule has 2 atom stereocenters. The lowest BCUT2D eigenvalue weighted by Crippen LogP contribution is -2.30. The average Bonchev–Trinajstić information content (AvgIpc) is 2.56. The molecule has 0 heterocycles. The van der Waals surface area contributed by atoms with Crippen molar-refractivity contribution >= 4 is 23.1 Å². The smallest absolute Gasteiger partial charge is 0.138 e. The Morgan fingerprint density at radius 2 is 1.74 bits per heavy atom. The van der Waals surface area contributed by atoms with E-state index in [0.717, 1.165) is 30.0 Å². The molecular formula is C20H22ClNO. The maximum atomic E-state index is 12.5. The summed E-state index contributed by atoms with van der Waals surface area (Å²) in [6.07, 6.45) is 3.81. The summed E-state index contributed by atoms with van der Waals surface area (Å²) in [7, 11) is 0. The minimum Gasteiger partial charge on any atom is -0.378 e. The van der Waals surface area contributed by atoms with Crippen LogP contribution in [0, 0.1) is 12.8 Å². The first kappa shape index (κ1) is 16.1. The molecule has 0 aromatic heterocycles. The molecule has 0 saturated heterocycles. The van der Waals surface area contributed by atoms with Gasteiger partial charge in [0.15, 0.2) is 0 Å². The Morgan fingerprint density at radius 3 is 2.39 bits per heavy atom. The molecule has 0 spiro atoms. The van der Waals surface area contributed by atoms with Gasteiger partial charge in [-0.25, -0.2) is 0 Å². The predicted molar refractivity (Wildman–Crippen MR) is 96.0 cm³/mol. The first-order chi connectivity index (χ1) is 11.1. The van der Waals surface area contributed by atoms with Crippen LogP contribution in [-0.4, -0.2) is 5.78 Å². The molecule has 3 heteroatoms. The summed E-state index contributed by atoms with van der Waals surface area (Å²) in [6, 6.07) is 16.2. The van der Waals surface area contributed by atoms with E-state index >= 15 is 0 Å². The Kier molecular flexibility index (Phi) is 5.02. The van der Waals surface area contributed by atoms with Crippen molar-refractivity contribution in [3.63, 3.8) is 0 Å². The van der Waals surface area contributed by atoms with Crippen molar-refractivity contribution in [1.82, 2.24) is 0 Å². The van der Waals surface area contributed by atoms with Gasteiger partial charge in [-0.2, -0.15) is 0 Å². The molecule has 0 radical (unpaired) electrons. The van der Waals surface area contributed by atoms with Crippen molar-refractivity contribution in [1.29, 1.82) is 0 Å². The van der Waals surface area contributed by atoms with Gasteiger partial charge in [0.25, 0.3) is 0 Å². The number of carbonyl (C=O) groups excluding carboxylic acids is 1. The van der Waals surface area contributed by atoms with Crippen LogP contribution >= 0.6 is 11.6 Å². The van der Waals surface area contributed by atoms with Crippen LogP contribution in [0.4, 0.5) is 5.69 Å². The monoisotopic (exact) mass is 327 g/mol. The summed E-state index contributed by atoms with van der Waals surface area (Å²) >= 11 is 5.97. The van der Waals surface area contributed by atoms with Gasteiger partial charge in [-0.1, -0.05) is 47.9 Å². The van der Waals surface area contributed by atoms with E-state index in [1.165, 1.54) is 11.1 Å². The van der Waals surface area contributed by atoms with Crippen LogP contribution < -0.4 is 5.32 Å². The number of hydrogen-bond acceptors (Lipinski definition) is 2. The number of Topliss-reactive ketones (excluding diaryl/α,β-unsaturated/α-hetero) is 1. The highest BCUT2D eigenvalue weighted by atomic mass is 35.5. The molecule has 2 nitrogen and oxygen atoms in total. The van der Waals surface area contributed by atoms with Gasteiger partial charge in [0, 0.05) is 23.0 Å². The van der Waals surface area contributed by atoms with E-state index in [0.29, 0.717) is 12.2 Å². The molecule has 0 bridgehead atoms. The van der Waals surface area contributed by atoms with E-state index in [-0.39, 0.29) is 12.0 Å². The second-order valence-electron chi connectivity index (χ2n) is 6.36. The van der Waals surface area contributed by atoms with E-state index in [2.05, 4.69) is 36.5 Å². The maximum Gasteiger partial charge on any atom is 0.138 e. The highest BCUT2D eigenvalue weighted by Crippen LogP contribution is 2.35. The topological polar surface area (TPSA) is 29.1 Å². The third-order valence-electron chi connectivity index (χ3n) is 4.61. The third kappa shape index (κ3) is 3.94. The van der Waals surface area contributed by atoms with Crippen LogP contribution in [-0.2, 0) is 4.79 Å². The zero-order valence-corrected chi connectivity index (χ0v) is 14.1. The molecule has 23 heavy (non-hydrogen) atoms. The van der Waals surface area contributed by atoms with Crippen LogP contribution in [0.15, 0.2) is 48.5 Å². The lowest BCUT2D eigenvalue weighted by atomic mass is 9.80. The SMILES string of the molecule is Cc1ccc(C(Nc2ccc(Cl)cc2)C2CCCCC2=O)cc1. The number of benzene rings is 2. The van der Waals surface area contributed by atoms with Gasteiger partial charge in [0.05, 0.1) is 6.04 Å². The van der Waals surface area contributed by atoms with Gasteiger partial charge in [-0.05, 0) is 49.6 Å². The van der Waals surface area contributed by atoms with Crippen molar-refractivity contribution in [2.24, 2.45) is 5.92 Å². The van der Waals surface area contributed by atoms with Crippen LogP contribution in [0.1, 0.15) is 42.9 Å². The second-order valence-corrected chi connectivity index (χ2v) is 6.79. The fourth-order valence-electron chi connectivity index (χ4n) is 3.28. The fraction of sp³-hybridized carbons (Fsp3) is 0.350. The largest absolute Gasteiger partial charge is 0.378 e. The Morgan fingerprint density at radius 1 is 1.04 bits per heavy atom. The molecule has 0 amide bonds. The summed E-state index contributed by atoms with van der Waals surface area (Å²) < 4.78 is 0. The minimum atomic E-state index is 0.0181. The second kappa shape index (κ2) is 7.18. The van der Waals surface area contributed by atoms with E-state index < -0.39 is 0 Å². The number of halogens is 1. The van der Waals surface area contributed by atoms with E-state index in [1.807, 2.05) is 24.3 Å². The molecule has 3 rings (SSSR count). The van der Waals surface area contributed by atoms with Crippen molar-refractivity contribution in [2.75, 3.05) is 5.32 Å². The van der Waals surface area contributed by atoms with E-state index in [9.17, 15) is 4.79 Å². The van der Waals surface area contributed by atoms with E-state index in [1.54, 1.807) is 0 Å². The number of nitrogens with one attached hydrogen (secondary N) is 1. The van der Waals surface area contributed by atoms with Gasteiger partial charge >= 0.3 is 0 Å². The van der Waals surface area contributed by atoms with E-state index in [4.69, 9.17) is 11.6 Å². The average molecular weight is 328 g/mol. The molecular weight excluding hydrogens is 306 g/mol. The Balaban J connectivity index is 1.90. The van der Waals surface area contributed by atoms with Gasteiger partial charge in [0.2, 0.25) is 0 Å². The maximum absolute atomic E-state index is 12.5. The first-order valence-corrected chi connectivity index (χ1v) is 8.62. The zero-order chi connectivity index (χ0) is 16.2. The lowest BCUT2D eigenvalue weighted by Gasteiger charge is -2.31.